The number of aliphatic carboxylic acids is 1. The van der Waals surface area contributed by atoms with Crippen LogP contribution in [0.4, 0.5) is 0 Å². The number of hydrogen-bond donors (Lipinski definition) is 3. The molecule has 0 aliphatic rings. The molecule has 0 aromatic heterocycles. The minimum Gasteiger partial charge on any atom is -0.480 e. The van der Waals surface area contributed by atoms with Gasteiger partial charge < -0.3 is 10.8 Å². The van der Waals surface area contributed by atoms with E-state index in [4.69, 9.17) is 16.4 Å². The molecule has 0 aromatic carbocycles. The molecule has 0 bridgehead atoms. The number of nitrogens with zero attached hydrogens (tertiary/aromatic N) is 1. The van der Waals surface area contributed by atoms with Crippen LogP contribution in [-0.4, -0.2) is 33.9 Å². The molecular formula is C6H10N3O3+. The summed E-state index contributed by atoms with van der Waals surface area (Å²) in [6, 6.07) is -1.02. The van der Waals surface area contributed by atoms with Gasteiger partial charge in [0.2, 0.25) is 5.78 Å². The second kappa shape index (κ2) is 5.17. The van der Waals surface area contributed by atoms with Crippen LogP contribution in [-0.2, 0) is 9.59 Å². The lowest BCUT2D eigenvalue weighted by Crippen LogP contribution is -2.30. The standard InChI is InChI=1S/C6H9N3O3/c7-5(6(11)12)2-1-4(10)3-9-8/h3,5,8H,1-2,7H2/p+1. The highest BCUT2D eigenvalue weighted by molar-refractivity contribution is 6.25. The van der Waals surface area contributed by atoms with Crippen LogP contribution in [0.2, 0.25) is 0 Å². The Kier molecular flexibility index (Phi) is 4.52. The van der Waals surface area contributed by atoms with Crippen LogP contribution in [0.5, 0.6) is 0 Å². The lowest BCUT2D eigenvalue weighted by atomic mass is 10.1. The molecule has 0 heterocycles. The maximum absolute atomic E-state index is 10.7. The molecule has 0 aromatic rings. The maximum Gasteiger partial charge on any atom is 0.372 e. The van der Waals surface area contributed by atoms with E-state index in [1.807, 2.05) is 0 Å². The van der Waals surface area contributed by atoms with Crippen molar-refractivity contribution in [2.24, 2.45) is 5.73 Å². The molecule has 4 N–H and O–H groups in total. The smallest absolute Gasteiger partial charge is 0.372 e. The summed E-state index contributed by atoms with van der Waals surface area (Å²) in [5.74, 6) is -1.52. The number of carbonyl (C=O) groups excluding carboxylic acids is 1. The Morgan fingerprint density at radius 2 is 2.25 bits per heavy atom. The summed E-state index contributed by atoms with van der Waals surface area (Å²) in [5, 5.41) is 8.32. The van der Waals surface area contributed by atoms with E-state index >= 15 is 0 Å². The van der Waals surface area contributed by atoms with Gasteiger partial charge >= 0.3 is 12.2 Å². The monoisotopic (exact) mass is 172 g/mol. The Morgan fingerprint density at radius 3 is 2.67 bits per heavy atom. The zero-order valence-electron chi connectivity index (χ0n) is 6.36. The normalized spacial score (nSPS) is 11.4. The number of rotatable bonds is 5. The quantitative estimate of drug-likeness (QED) is 0.281. The van der Waals surface area contributed by atoms with Gasteiger partial charge in [0.05, 0.1) is 10.3 Å². The van der Waals surface area contributed by atoms with Crippen LogP contribution >= 0.6 is 0 Å². The second-order valence-corrected chi connectivity index (χ2v) is 2.21. The first-order valence-corrected chi connectivity index (χ1v) is 3.29. The molecule has 0 saturated carbocycles. The molecule has 12 heavy (non-hydrogen) atoms. The zero-order chi connectivity index (χ0) is 9.56. The van der Waals surface area contributed by atoms with Gasteiger partial charge in [0, 0.05) is 6.42 Å². The Hall–Kier alpha value is -1.52. The molecule has 6 heteroatoms. The molecule has 0 amide bonds. The van der Waals surface area contributed by atoms with Gasteiger partial charge in [-0.25, -0.2) is 0 Å². The molecule has 0 fully saturated rings. The Balaban J connectivity index is 3.75. The van der Waals surface area contributed by atoms with E-state index in [1.54, 1.807) is 0 Å². The first-order chi connectivity index (χ1) is 5.57. The van der Waals surface area contributed by atoms with Crippen molar-refractivity contribution in [1.29, 1.82) is 5.53 Å². The topological polar surface area (TPSA) is 118 Å². The largest absolute Gasteiger partial charge is 0.480 e. The Bertz CT molecular complexity index is 232. The number of Topliss-reactive ketones (excluding diaryl/α,β-unsaturated/α-hetero) is 1. The van der Waals surface area contributed by atoms with E-state index in [2.05, 4.69) is 4.79 Å². The van der Waals surface area contributed by atoms with Crippen molar-refractivity contribution < 1.29 is 19.5 Å². The summed E-state index contributed by atoms with van der Waals surface area (Å²) >= 11 is 0. The summed E-state index contributed by atoms with van der Waals surface area (Å²) in [7, 11) is 0. The van der Waals surface area contributed by atoms with E-state index in [1.165, 1.54) is 0 Å². The van der Waals surface area contributed by atoms with Gasteiger partial charge in [-0.3, -0.25) is 9.59 Å². The fraction of sp³-hybridized carbons (Fsp3) is 0.500. The van der Waals surface area contributed by atoms with Gasteiger partial charge in [-0.15, -0.1) is 0 Å². The van der Waals surface area contributed by atoms with Crippen LogP contribution in [0.25, 0.3) is 0 Å². The summed E-state index contributed by atoms with van der Waals surface area (Å²) in [5.41, 5.74) is 11.4. The molecule has 0 aliphatic carbocycles. The molecule has 6 nitrogen and oxygen atoms in total. The molecule has 1 unspecified atom stereocenters. The Morgan fingerprint density at radius 1 is 1.67 bits per heavy atom. The Labute approximate surface area is 68.6 Å². The summed E-state index contributed by atoms with van der Waals surface area (Å²) in [6.45, 7) is 0. The molecular weight excluding hydrogens is 162 g/mol. The number of carbonyl (C=O) groups is 2. The average molecular weight is 172 g/mol. The van der Waals surface area contributed by atoms with E-state index in [-0.39, 0.29) is 18.6 Å². The molecule has 0 aliphatic heterocycles. The zero-order valence-corrected chi connectivity index (χ0v) is 6.36. The molecule has 0 saturated heterocycles. The van der Waals surface area contributed by atoms with Gasteiger partial charge in [-0.1, -0.05) is 0 Å². The first kappa shape index (κ1) is 10.5. The summed E-state index contributed by atoms with van der Waals surface area (Å²) in [4.78, 5) is 23.6. The number of nitrogens with one attached hydrogen (secondary N) is 1. The lowest BCUT2D eigenvalue weighted by Gasteiger charge is -2.01. The van der Waals surface area contributed by atoms with Crippen molar-refractivity contribution in [3.63, 3.8) is 0 Å². The SMILES string of the molecule is N=[N+]=CC(=O)CCC(N)C(=O)O. The highest BCUT2D eigenvalue weighted by Gasteiger charge is 2.14. The van der Waals surface area contributed by atoms with E-state index in [9.17, 15) is 9.59 Å². The van der Waals surface area contributed by atoms with Crippen molar-refractivity contribution in [1.82, 2.24) is 0 Å². The molecule has 0 spiro atoms. The van der Waals surface area contributed by atoms with Crippen LogP contribution in [0.1, 0.15) is 12.8 Å². The van der Waals surface area contributed by atoms with E-state index in [0.29, 0.717) is 0 Å². The first-order valence-electron chi connectivity index (χ1n) is 3.29. The van der Waals surface area contributed by atoms with Crippen molar-refractivity contribution in [3.8, 4) is 0 Å². The third-order valence-electron chi connectivity index (χ3n) is 1.23. The highest BCUT2D eigenvalue weighted by Crippen LogP contribution is 1.94. The predicted octanol–water partition coefficient (Wildman–Crippen LogP) is -0.942. The van der Waals surface area contributed by atoms with Gasteiger partial charge in [0.15, 0.2) is 0 Å². The predicted molar refractivity (Wildman–Crippen MR) is 38.9 cm³/mol. The minimum absolute atomic E-state index is 0.00977. The van der Waals surface area contributed by atoms with Crippen molar-refractivity contribution in [2.45, 2.75) is 18.9 Å². The van der Waals surface area contributed by atoms with E-state index in [0.717, 1.165) is 6.21 Å². The number of nitrogens with two attached hydrogens (primary N) is 1. The van der Waals surface area contributed by atoms with Crippen molar-refractivity contribution in [2.75, 3.05) is 0 Å². The van der Waals surface area contributed by atoms with E-state index < -0.39 is 12.0 Å². The van der Waals surface area contributed by atoms with Gasteiger partial charge in [-0.2, -0.15) is 0 Å². The summed E-state index contributed by atoms with van der Waals surface area (Å²) in [6.07, 6.45) is 0.907. The molecule has 1 atom stereocenters. The third-order valence-corrected chi connectivity index (χ3v) is 1.23. The van der Waals surface area contributed by atoms with Gasteiger partial charge in [0.1, 0.15) is 6.04 Å². The van der Waals surface area contributed by atoms with Gasteiger partial charge in [-0.05, 0) is 6.42 Å². The number of ketones is 1. The van der Waals surface area contributed by atoms with Crippen LogP contribution in [0, 0.1) is 5.53 Å². The third kappa shape index (κ3) is 4.32. The van der Waals surface area contributed by atoms with Crippen LogP contribution in [0.3, 0.4) is 0 Å². The highest BCUT2D eigenvalue weighted by atomic mass is 16.4. The summed E-state index contributed by atoms with van der Waals surface area (Å²) < 4.78 is 0. The van der Waals surface area contributed by atoms with Crippen LogP contribution < -0.4 is 5.73 Å². The number of carboxylic acids is 1. The van der Waals surface area contributed by atoms with Gasteiger partial charge in [0.25, 0.3) is 0 Å². The number of hydrogen-bond acceptors (Lipinski definition) is 4. The molecule has 66 valence electrons. The average Bonchev–Trinajstić information content (AvgIpc) is 2.00. The molecule has 0 rings (SSSR count). The maximum atomic E-state index is 10.7. The fourth-order valence-electron chi connectivity index (χ4n) is 0.558. The minimum atomic E-state index is -1.13. The van der Waals surface area contributed by atoms with Crippen LogP contribution in [0.15, 0.2) is 0 Å². The molecule has 0 radical (unpaired) electrons. The van der Waals surface area contributed by atoms with Crippen molar-refractivity contribution in [3.05, 3.63) is 0 Å². The lowest BCUT2D eigenvalue weighted by molar-refractivity contribution is -0.139. The van der Waals surface area contributed by atoms with Crippen molar-refractivity contribution >= 4 is 18.0 Å². The number of carboxylic acid groups (broad SMARTS) is 1. The second-order valence-electron chi connectivity index (χ2n) is 2.21. The fourth-order valence-corrected chi connectivity index (χ4v) is 0.558.